The minimum atomic E-state index is -4.56. The number of nitrogens with zero attached hydrogens (tertiary/aromatic N) is 3. The number of aromatic nitrogens is 2. The monoisotopic (exact) mass is 512 g/mol. The minimum Gasteiger partial charge on any atom is -0.324 e. The van der Waals surface area contributed by atoms with E-state index in [1.54, 1.807) is 0 Å². The molecule has 1 N–H and O–H groups in total. The van der Waals surface area contributed by atoms with Crippen LogP contribution in [0, 0.1) is 23.0 Å². The van der Waals surface area contributed by atoms with Crippen molar-refractivity contribution < 1.29 is 22.9 Å². The number of anilines is 1. The lowest BCUT2D eigenvalue weighted by molar-refractivity contribution is -0.385. The van der Waals surface area contributed by atoms with Crippen LogP contribution in [0.1, 0.15) is 18.3 Å². The summed E-state index contributed by atoms with van der Waals surface area (Å²) in [4.78, 5) is 22.7. The summed E-state index contributed by atoms with van der Waals surface area (Å²) < 4.78 is 39.9. The zero-order valence-electron chi connectivity index (χ0n) is 14.0. The predicted octanol–water partition coefficient (Wildman–Crippen LogP) is 4.92. The molecule has 0 bridgehead atoms. The summed E-state index contributed by atoms with van der Waals surface area (Å²) >= 11 is 6.31. The Hall–Kier alpha value is -1.95. The summed E-state index contributed by atoms with van der Waals surface area (Å²) in [7, 11) is 0. The van der Waals surface area contributed by atoms with Gasteiger partial charge in [0.15, 0.2) is 5.69 Å². The average molecular weight is 514 g/mol. The summed E-state index contributed by atoms with van der Waals surface area (Å²) in [6, 6.07) is 3.38. The fraction of sp³-hybridized carbons (Fsp3) is 0.333. The van der Waals surface area contributed by atoms with Gasteiger partial charge in [0, 0.05) is 26.8 Å². The lowest BCUT2D eigenvalue weighted by atomic mass is 10.1. The van der Waals surface area contributed by atoms with Crippen LogP contribution in [0.5, 0.6) is 0 Å². The van der Waals surface area contributed by atoms with Gasteiger partial charge in [-0.3, -0.25) is 19.6 Å². The summed E-state index contributed by atoms with van der Waals surface area (Å²) in [6.45, 7) is 2.95. The Morgan fingerprint density at radius 2 is 1.89 bits per heavy atom. The second-order valence-corrected chi connectivity index (χ2v) is 7.49. The SMILES string of the molecule is Cc1cc(C(F)(F)F)nn1CC(C)C(=O)Nc1c(Br)cc([N+](=O)[O-])cc1Br. The van der Waals surface area contributed by atoms with E-state index in [-0.39, 0.29) is 23.6 Å². The summed E-state index contributed by atoms with van der Waals surface area (Å²) in [5.74, 6) is -1.19. The number of carbonyl (C=O) groups excluding carboxylic acids is 1. The van der Waals surface area contributed by atoms with Crippen LogP contribution in [0.2, 0.25) is 0 Å². The molecular weight excluding hydrogens is 501 g/mol. The van der Waals surface area contributed by atoms with Crippen molar-refractivity contribution in [3.63, 3.8) is 0 Å². The first-order chi connectivity index (χ1) is 12.4. The van der Waals surface area contributed by atoms with E-state index in [0.717, 1.165) is 10.7 Å². The smallest absolute Gasteiger partial charge is 0.324 e. The van der Waals surface area contributed by atoms with Crippen LogP contribution < -0.4 is 5.32 Å². The van der Waals surface area contributed by atoms with Gasteiger partial charge in [-0.2, -0.15) is 18.3 Å². The lowest BCUT2D eigenvalue weighted by Gasteiger charge is -2.15. The molecule has 1 unspecified atom stereocenters. The van der Waals surface area contributed by atoms with Crippen molar-refractivity contribution in [1.82, 2.24) is 9.78 Å². The molecular formula is C15H13Br2F3N4O3. The maximum Gasteiger partial charge on any atom is 0.435 e. The van der Waals surface area contributed by atoms with E-state index in [4.69, 9.17) is 0 Å². The van der Waals surface area contributed by atoms with Crippen LogP contribution in [0.15, 0.2) is 27.1 Å². The van der Waals surface area contributed by atoms with Crippen LogP contribution in [-0.4, -0.2) is 20.6 Å². The molecule has 1 aromatic heterocycles. The fourth-order valence-electron chi connectivity index (χ4n) is 2.21. The number of nitro groups is 1. The Morgan fingerprint density at radius 1 is 1.33 bits per heavy atom. The van der Waals surface area contributed by atoms with Gasteiger partial charge in [0.25, 0.3) is 5.69 Å². The number of alkyl halides is 3. The molecule has 1 aromatic carbocycles. The number of benzene rings is 1. The molecule has 2 aromatic rings. The third kappa shape index (κ3) is 5.06. The summed E-state index contributed by atoms with van der Waals surface area (Å²) in [5.41, 5.74) is -0.634. The maximum absolute atomic E-state index is 12.7. The highest BCUT2D eigenvalue weighted by Crippen LogP contribution is 2.35. The first-order valence-electron chi connectivity index (χ1n) is 7.46. The fourth-order valence-corrected chi connectivity index (χ4v) is 3.57. The second-order valence-electron chi connectivity index (χ2n) is 5.78. The molecule has 7 nitrogen and oxygen atoms in total. The largest absolute Gasteiger partial charge is 0.435 e. The van der Waals surface area contributed by atoms with Crippen molar-refractivity contribution in [3.05, 3.63) is 48.6 Å². The molecule has 146 valence electrons. The van der Waals surface area contributed by atoms with Gasteiger partial charge in [0.05, 0.1) is 23.1 Å². The number of halogens is 5. The number of carbonyl (C=O) groups is 1. The highest BCUT2D eigenvalue weighted by atomic mass is 79.9. The van der Waals surface area contributed by atoms with Gasteiger partial charge < -0.3 is 5.32 Å². The van der Waals surface area contributed by atoms with Crippen molar-refractivity contribution in [2.45, 2.75) is 26.6 Å². The van der Waals surface area contributed by atoms with E-state index >= 15 is 0 Å². The lowest BCUT2D eigenvalue weighted by Crippen LogP contribution is -2.25. The molecule has 0 spiro atoms. The molecule has 0 aliphatic carbocycles. The molecule has 0 fully saturated rings. The van der Waals surface area contributed by atoms with Gasteiger partial charge in [-0.15, -0.1) is 0 Å². The van der Waals surface area contributed by atoms with Gasteiger partial charge >= 0.3 is 6.18 Å². The number of amides is 1. The van der Waals surface area contributed by atoms with Gasteiger partial charge in [-0.25, -0.2) is 0 Å². The van der Waals surface area contributed by atoms with E-state index in [0.29, 0.717) is 8.95 Å². The van der Waals surface area contributed by atoms with E-state index in [9.17, 15) is 28.1 Å². The zero-order valence-corrected chi connectivity index (χ0v) is 17.1. The zero-order chi connectivity index (χ0) is 20.5. The van der Waals surface area contributed by atoms with Crippen LogP contribution in [0.4, 0.5) is 24.5 Å². The maximum atomic E-state index is 12.7. The molecule has 0 saturated carbocycles. The quantitative estimate of drug-likeness (QED) is 0.454. The van der Waals surface area contributed by atoms with Gasteiger partial charge in [0.1, 0.15) is 0 Å². The van der Waals surface area contributed by atoms with Crippen LogP contribution in [-0.2, 0) is 17.5 Å². The normalized spacial score (nSPS) is 12.7. The molecule has 12 heteroatoms. The minimum absolute atomic E-state index is 0.0596. The molecule has 27 heavy (non-hydrogen) atoms. The number of nitro benzene ring substituents is 1. The second kappa shape index (κ2) is 7.97. The Bertz CT molecular complexity index is 876. The number of aryl methyl sites for hydroxylation is 1. The van der Waals surface area contributed by atoms with E-state index in [1.807, 2.05) is 0 Å². The average Bonchev–Trinajstić information content (AvgIpc) is 2.91. The standard InChI is InChI=1S/C15H13Br2F3N4O3/c1-7(6-23-8(2)3-12(22-23)15(18,19)20)14(25)21-13-10(16)4-9(24(26)27)5-11(13)17/h3-5,7H,6H2,1-2H3,(H,21,25). The molecule has 1 amide bonds. The van der Waals surface area contributed by atoms with Crippen LogP contribution >= 0.6 is 31.9 Å². The third-order valence-electron chi connectivity index (χ3n) is 3.65. The van der Waals surface area contributed by atoms with E-state index in [1.165, 1.54) is 26.0 Å². The molecule has 0 aliphatic rings. The third-order valence-corrected chi connectivity index (χ3v) is 4.90. The molecule has 1 heterocycles. The van der Waals surface area contributed by atoms with Crippen molar-refractivity contribution in [2.24, 2.45) is 5.92 Å². The number of hydrogen-bond donors (Lipinski definition) is 1. The van der Waals surface area contributed by atoms with E-state index < -0.39 is 28.6 Å². The van der Waals surface area contributed by atoms with Gasteiger partial charge in [0.2, 0.25) is 5.91 Å². The van der Waals surface area contributed by atoms with Crippen molar-refractivity contribution in [3.8, 4) is 0 Å². The molecule has 2 rings (SSSR count). The van der Waals surface area contributed by atoms with Crippen LogP contribution in [0.3, 0.4) is 0 Å². The molecule has 0 radical (unpaired) electrons. The number of nitrogens with one attached hydrogen (secondary N) is 1. The highest BCUT2D eigenvalue weighted by Gasteiger charge is 2.34. The predicted molar refractivity (Wildman–Crippen MR) is 98.3 cm³/mol. The molecule has 0 saturated heterocycles. The Kier molecular flexibility index (Phi) is 6.30. The van der Waals surface area contributed by atoms with E-state index in [2.05, 4.69) is 42.3 Å². The summed E-state index contributed by atoms with van der Waals surface area (Å²) in [6.07, 6.45) is -4.56. The molecule has 0 aliphatic heterocycles. The Balaban J connectivity index is 2.15. The van der Waals surface area contributed by atoms with Gasteiger partial charge in [-0.1, -0.05) is 6.92 Å². The first kappa shape index (κ1) is 21.4. The number of rotatable bonds is 5. The summed E-state index contributed by atoms with van der Waals surface area (Å²) in [5, 5.41) is 16.9. The van der Waals surface area contributed by atoms with Crippen molar-refractivity contribution in [1.29, 1.82) is 0 Å². The number of non-ortho nitro benzene ring substituents is 1. The first-order valence-corrected chi connectivity index (χ1v) is 9.04. The topological polar surface area (TPSA) is 90.1 Å². The molecule has 1 atom stereocenters. The van der Waals surface area contributed by atoms with Gasteiger partial charge in [-0.05, 0) is 44.8 Å². The number of hydrogen-bond acceptors (Lipinski definition) is 4. The Labute approximate surface area is 168 Å². The highest BCUT2D eigenvalue weighted by molar-refractivity contribution is 9.11. The van der Waals surface area contributed by atoms with Crippen molar-refractivity contribution in [2.75, 3.05) is 5.32 Å². The van der Waals surface area contributed by atoms with Crippen molar-refractivity contribution >= 4 is 49.1 Å². The Morgan fingerprint density at radius 3 is 2.33 bits per heavy atom. The van der Waals surface area contributed by atoms with Crippen LogP contribution in [0.25, 0.3) is 0 Å².